The third-order valence-corrected chi connectivity index (χ3v) is 4.69. The summed E-state index contributed by atoms with van der Waals surface area (Å²) in [6, 6.07) is 8.29. The van der Waals surface area contributed by atoms with Crippen molar-refractivity contribution in [3.63, 3.8) is 0 Å². The van der Waals surface area contributed by atoms with E-state index in [0.29, 0.717) is 17.1 Å². The number of rotatable bonds is 8. The van der Waals surface area contributed by atoms with Crippen molar-refractivity contribution in [1.82, 2.24) is 20.2 Å². The van der Waals surface area contributed by atoms with Gasteiger partial charge < -0.3 is 4.98 Å². The molecule has 0 radical (unpaired) electrons. The minimum absolute atomic E-state index is 0.00195. The number of carbonyl (C=O) groups is 1. The number of hydrogen-bond acceptors (Lipinski definition) is 3. The molecule has 1 atom stereocenters. The minimum atomic E-state index is -0.00195. The summed E-state index contributed by atoms with van der Waals surface area (Å²) in [4.78, 5) is 19.9. The Labute approximate surface area is 149 Å². The Morgan fingerprint density at radius 2 is 2.17 bits per heavy atom. The Bertz CT molecular complexity index is 823. The van der Waals surface area contributed by atoms with Gasteiger partial charge >= 0.3 is 0 Å². The van der Waals surface area contributed by atoms with Crippen LogP contribution >= 0.6 is 15.9 Å². The van der Waals surface area contributed by atoms with E-state index in [9.17, 15) is 4.79 Å². The van der Waals surface area contributed by atoms with Crippen molar-refractivity contribution < 1.29 is 4.79 Å². The molecule has 24 heavy (non-hydrogen) atoms. The molecule has 0 aliphatic heterocycles. The fourth-order valence-corrected chi connectivity index (χ4v) is 3.36. The summed E-state index contributed by atoms with van der Waals surface area (Å²) in [7, 11) is 0. The first-order valence-corrected chi connectivity index (χ1v) is 9.12. The molecule has 0 saturated carbocycles. The number of unbranched alkanes of at least 4 members (excludes halogenated alkanes) is 1. The Hall–Kier alpha value is -1.95. The number of para-hydroxylation sites is 1. The molecule has 3 rings (SSSR count). The number of H-pyrrole nitrogens is 2. The number of nitrogens with zero attached hydrogens (tertiary/aromatic N) is 2. The molecule has 0 aliphatic carbocycles. The number of fused-ring (bicyclic) bond motifs is 1. The molecule has 0 aliphatic rings. The molecule has 0 saturated heterocycles. The molecular formula is C18H21BrN4O. The Kier molecular flexibility index (Phi) is 5.45. The van der Waals surface area contributed by atoms with Crippen LogP contribution in [0.15, 0.2) is 35.2 Å². The van der Waals surface area contributed by atoms with Gasteiger partial charge in [-0.3, -0.25) is 9.89 Å². The molecule has 2 N–H and O–H groups in total. The van der Waals surface area contributed by atoms with Crippen LogP contribution in [0.3, 0.4) is 0 Å². The van der Waals surface area contributed by atoms with Crippen LogP contribution in [0.2, 0.25) is 0 Å². The van der Waals surface area contributed by atoms with Crippen molar-refractivity contribution in [3.8, 4) is 0 Å². The average molecular weight is 389 g/mol. The van der Waals surface area contributed by atoms with E-state index in [1.807, 2.05) is 6.07 Å². The summed E-state index contributed by atoms with van der Waals surface area (Å²) in [5, 5.41) is 7.87. The standard InChI is InChI=1S/C18H21BrN4O/c1-2-3-6-12(10-16(24)17-21-18(19)23-22-17)9-13-11-20-15-8-5-4-7-14(13)15/h4-5,7-8,11-12,20H,2-3,6,9-10H2,1H3,(H,21,22,23). The highest BCUT2D eigenvalue weighted by molar-refractivity contribution is 9.10. The van der Waals surface area contributed by atoms with E-state index in [0.717, 1.165) is 31.2 Å². The Morgan fingerprint density at radius 3 is 2.92 bits per heavy atom. The van der Waals surface area contributed by atoms with Crippen molar-refractivity contribution >= 4 is 32.6 Å². The fraction of sp³-hybridized carbons (Fsp3) is 0.389. The third kappa shape index (κ3) is 3.93. The van der Waals surface area contributed by atoms with Crippen molar-refractivity contribution in [2.75, 3.05) is 0 Å². The van der Waals surface area contributed by atoms with Crippen LogP contribution in [-0.2, 0) is 6.42 Å². The largest absolute Gasteiger partial charge is 0.361 e. The van der Waals surface area contributed by atoms with Gasteiger partial charge in [0.15, 0.2) is 4.73 Å². The number of carbonyl (C=O) groups excluding carboxylic acids is 1. The highest BCUT2D eigenvalue weighted by atomic mass is 79.9. The Morgan fingerprint density at radius 1 is 1.33 bits per heavy atom. The van der Waals surface area contributed by atoms with Crippen LogP contribution in [-0.4, -0.2) is 25.9 Å². The normalized spacial score (nSPS) is 12.6. The predicted octanol–water partition coefficient (Wildman–Crippen LogP) is 4.67. The summed E-state index contributed by atoms with van der Waals surface area (Å²) in [5.74, 6) is 0.564. The topological polar surface area (TPSA) is 74.4 Å². The lowest BCUT2D eigenvalue weighted by Gasteiger charge is -2.15. The summed E-state index contributed by atoms with van der Waals surface area (Å²) in [6.45, 7) is 2.18. The second-order valence-electron chi connectivity index (χ2n) is 6.15. The third-order valence-electron chi connectivity index (χ3n) is 4.33. The van der Waals surface area contributed by atoms with Gasteiger partial charge in [-0.2, -0.15) is 4.98 Å². The van der Waals surface area contributed by atoms with E-state index in [4.69, 9.17) is 0 Å². The zero-order valence-electron chi connectivity index (χ0n) is 13.7. The number of hydrogen-bond donors (Lipinski definition) is 2. The van der Waals surface area contributed by atoms with E-state index in [1.54, 1.807) is 0 Å². The molecule has 0 amide bonds. The highest BCUT2D eigenvalue weighted by Crippen LogP contribution is 2.25. The van der Waals surface area contributed by atoms with Gasteiger partial charge in [0, 0.05) is 23.5 Å². The maximum atomic E-state index is 12.5. The number of aromatic nitrogens is 4. The molecule has 2 heterocycles. The lowest BCUT2D eigenvalue weighted by Crippen LogP contribution is -2.13. The molecule has 2 aromatic heterocycles. The number of nitrogens with one attached hydrogen (secondary N) is 2. The first kappa shape index (κ1) is 16.9. The molecule has 6 heteroatoms. The number of benzene rings is 1. The van der Waals surface area contributed by atoms with Crippen molar-refractivity contribution in [1.29, 1.82) is 0 Å². The van der Waals surface area contributed by atoms with Gasteiger partial charge in [0.1, 0.15) is 0 Å². The summed E-state index contributed by atoms with van der Waals surface area (Å²) in [6.07, 6.45) is 6.72. The quantitative estimate of drug-likeness (QED) is 0.550. The van der Waals surface area contributed by atoms with Gasteiger partial charge in [0.2, 0.25) is 11.6 Å². The second kappa shape index (κ2) is 7.75. The molecule has 1 unspecified atom stereocenters. The molecule has 1 aromatic carbocycles. The summed E-state index contributed by atoms with van der Waals surface area (Å²) in [5.41, 5.74) is 2.42. The van der Waals surface area contributed by atoms with Crippen molar-refractivity contribution in [2.45, 2.75) is 39.0 Å². The van der Waals surface area contributed by atoms with Gasteiger partial charge in [-0.15, -0.1) is 5.10 Å². The van der Waals surface area contributed by atoms with E-state index in [2.05, 4.69) is 67.4 Å². The van der Waals surface area contributed by atoms with Gasteiger partial charge in [0.05, 0.1) is 0 Å². The van der Waals surface area contributed by atoms with Crippen LogP contribution in [0.1, 0.15) is 48.8 Å². The molecule has 126 valence electrons. The molecule has 5 nitrogen and oxygen atoms in total. The van der Waals surface area contributed by atoms with E-state index in [-0.39, 0.29) is 11.6 Å². The lowest BCUT2D eigenvalue weighted by atomic mass is 9.89. The second-order valence-corrected chi connectivity index (χ2v) is 6.90. The number of halogens is 1. The zero-order chi connectivity index (χ0) is 16.9. The van der Waals surface area contributed by atoms with Crippen LogP contribution in [0.4, 0.5) is 0 Å². The maximum Gasteiger partial charge on any atom is 0.218 e. The van der Waals surface area contributed by atoms with Gasteiger partial charge in [-0.25, -0.2) is 0 Å². The van der Waals surface area contributed by atoms with Crippen LogP contribution in [0.5, 0.6) is 0 Å². The van der Waals surface area contributed by atoms with E-state index >= 15 is 0 Å². The summed E-state index contributed by atoms with van der Waals surface area (Å²) >= 11 is 3.20. The lowest BCUT2D eigenvalue weighted by molar-refractivity contribution is 0.0948. The minimum Gasteiger partial charge on any atom is -0.361 e. The van der Waals surface area contributed by atoms with Gasteiger partial charge in [0.25, 0.3) is 0 Å². The highest BCUT2D eigenvalue weighted by Gasteiger charge is 2.20. The van der Waals surface area contributed by atoms with E-state index < -0.39 is 0 Å². The Balaban J connectivity index is 1.75. The molecule has 0 spiro atoms. The average Bonchev–Trinajstić information content (AvgIpc) is 3.19. The molecule has 3 aromatic rings. The maximum absolute atomic E-state index is 12.5. The van der Waals surface area contributed by atoms with Gasteiger partial charge in [-0.1, -0.05) is 38.0 Å². The first-order valence-electron chi connectivity index (χ1n) is 8.33. The molecular weight excluding hydrogens is 368 g/mol. The fourth-order valence-electron chi connectivity index (χ4n) is 3.10. The SMILES string of the molecule is CCCCC(CC(=O)c1n[nH]c(Br)n1)Cc1c[nH]c2ccccc12. The number of aromatic amines is 2. The molecule has 0 fully saturated rings. The van der Waals surface area contributed by atoms with E-state index in [1.165, 1.54) is 10.9 Å². The van der Waals surface area contributed by atoms with Gasteiger partial charge in [-0.05, 0) is 46.3 Å². The van der Waals surface area contributed by atoms with Crippen LogP contribution in [0.25, 0.3) is 10.9 Å². The monoisotopic (exact) mass is 388 g/mol. The number of Topliss-reactive ketones (excluding diaryl/α,β-unsaturated/α-hetero) is 1. The van der Waals surface area contributed by atoms with Crippen molar-refractivity contribution in [2.24, 2.45) is 5.92 Å². The van der Waals surface area contributed by atoms with Crippen LogP contribution < -0.4 is 0 Å². The summed E-state index contributed by atoms with van der Waals surface area (Å²) < 4.78 is 0.493. The zero-order valence-corrected chi connectivity index (χ0v) is 15.3. The van der Waals surface area contributed by atoms with Crippen molar-refractivity contribution in [3.05, 3.63) is 46.6 Å². The number of ketones is 1. The predicted molar refractivity (Wildman–Crippen MR) is 98.0 cm³/mol. The van der Waals surface area contributed by atoms with Crippen LogP contribution in [0, 0.1) is 5.92 Å². The molecule has 0 bridgehead atoms. The smallest absolute Gasteiger partial charge is 0.218 e. The first-order chi connectivity index (χ1) is 11.7.